The van der Waals surface area contributed by atoms with Crippen molar-refractivity contribution in [1.82, 2.24) is 4.90 Å². The zero-order chi connectivity index (χ0) is 20.6. The van der Waals surface area contributed by atoms with Gasteiger partial charge in [-0.3, -0.25) is 4.79 Å². The quantitative estimate of drug-likeness (QED) is 0.677. The van der Waals surface area contributed by atoms with Crippen molar-refractivity contribution < 1.29 is 32.2 Å². The highest BCUT2D eigenvalue weighted by molar-refractivity contribution is 6.31. The molecule has 2 atom stereocenters. The van der Waals surface area contributed by atoms with E-state index in [1.54, 1.807) is 11.0 Å². The molecule has 0 saturated carbocycles. The van der Waals surface area contributed by atoms with Gasteiger partial charge in [-0.15, -0.1) is 24.8 Å². The number of para-hydroxylation sites is 1. The molecule has 2 unspecified atom stereocenters. The van der Waals surface area contributed by atoms with E-state index in [4.69, 9.17) is 21.1 Å². The molecule has 2 aromatic carbocycles. The van der Waals surface area contributed by atoms with Gasteiger partial charge in [0.2, 0.25) is 5.91 Å². The third-order valence-electron chi connectivity index (χ3n) is 4.82. The number of likely N-dealkylation sites (tertiary alicyclic amines) is 1. The van der Waals surface area contributed by atoms with Gasteiger partial charge in [-0.1, -0.05) is 24.3 Å². The number of rotatable bonds is 4. The van der Waals surface area contributed by atoms with Crippen molar-refractivity contribution in [3.8, 4) is 17.2 Å². The van der Waals surface area contributed by atoms with E-state index in [0.29, 0.717) is 36.7 Å². The summed E-state index contributed by atoms with van der Waals surface area (Å²) < 4.78 is 52.3. The molecular weight excluding hydrogens is 411 g/mol. The Labute approximate surface area is 169 Å². The Morgan fingerprint density at radius 1 is 1.10 bits per heavy atom. The lowest BCUT2D eigenvalue weighted by molar-refractivity contribution is -0.274. The molecule has 2 aliphatic rings. The van der Waals surface area contributed by atoms with Crippen molar-refractivity contribution in [2.75, 3.05) is 13.2 Å². The summed E-state index contributed by atoms with van der Waals surface area (Å²) in [6.45, 7) is 1.06. The molecule has 2 aliphatic heterocycles. The van der Waals surface area contributed by atoms with Gasteiger partial charge < -0.3 is 19.1 Å². The summed E-state index contributed by atoms with van der Waals surface area (Å²) in [7, 11) is 0. The van der Waals surface area contributed by atoms with Crippen LogP contribution in [0, 0.1) is 0 Å². The van der Waals surface area contributed by atoms with E-state index in [-0.39, 0.29) is 24.2 Å². The molecule has 1 saturated heterocycles. The summed E-state index contributed by atoms with van der Waals surface area (Å²) in [4.78, 5) is 14.3. The van der Waals surface area contributed by atoms with Crippen molar-refractivity contribution in [1.29, 1.82) is 0 Å². The average molecular weight is 428 g/mol. The van der Waals surface area contributed by atoms with Crippen molar-refractivity contribution in [3.05, 3.63) is 53.6 Å². The van der Waals surface area contributed by atoms with E-state index >= 15 is 0 Å². The molecule has 0 aromatic heterocycles. The van der Waals surface area contributed by atoms with Crippen LogP contribution >= 0.6 is 11.6 Å². The van der Waals surface area contributed by atoms with Gasteiger partial charge in [0.05, 0.1) is 6.04 Å². The Morgan fingerprint density at radius 2 is 1.83 bits per heavy atom. The second kappa shape index (κ2) is 7.67. The van der Waals surface area contributed by atoms with Gasteiger partial charge in [0.15, 0.2) is 11.5 Å². The number of ether oxygens (including phenoxy) is 3. The minimum atomic E-state index is -4.75. The Kier molecular flexibility index (Phi) is 5.21. The molecule has 0 N–H and O–H groups in total. The first-order chi connectivity index (χ1) is 13.8. The number of nitrogens with zero attached hydrogens (tertiary/aromatic N) is 1. The van der Waals surface area contributed by atoms with Gasteiger partial charge >= 0.3 is 6.36 Å². The fraction of sp³-hybridized carbons (Fsp3) is 0.350. The number of hydrogen-bond donors (Lipinski definition) is 0. The first-order valence-corrected chi connectivity index (χ1v) is 9.43. The molecule has 0 bridgehead atoms. The molecule has 1 fully saturated rings. The Hall–Kier alpha value is -2.61. The van der Waals surface area contributed by atoms with Gasteiger partial charge in [0, 0.05) is 12.1 Å². The van der Waals surface area contributed by atoms with Crippen LogP contribution < -0.4 is 14.2 Å². The van der Waals surface area contributed by atoms with Crippen LogP contribution in [0.3, 0.4) is 0 Å². The summed E-state index contributed by atoms with van der Waals surface area (Å²) in [5.41, 5.74) is 1.46. The standard InChI is InChI=1S/C20H17ClF3NO4/c21-15-10-16(14-2-1-3-17-18(14)28-9-8-27-17)25(19(15)26)11-12-4-6-13(7-5-12)29-20(22,23)24/h1-7,15-16H,8-11H2. The number of halogens is 4. The van der Waals surface area contributed by atoms with Gasteiger partial charge in [-0.2, -0.15) is 0 Å². The predicted molar refractivity (Wildman–Crippen MR) is 98.1 cm³/mol. The summed E-state index contributed by atoms with van der Waals surface area (Å²) >= 11 is 6.24. The molecule has 5 nitrogen and oxygen atoms in total. The average Bonchev–Trinajstić information content (AvgIpc) is 2.96. The summed E-state index contributed by atoms with van der Waals surface area (Å²) in [6.07, 6.45) is -4.35. The molecule has 2 heterocycles. The zero-order valence-electron chi connectivity index (χ0n) is 15.1. The largest absolute Gasteiger partial charge is 0.573 e. The molecule has 154 valence electrons. The fourth-order valence-corrected chi connectivity index (χ4v) is 3.89. The van der Waals surface area contributed by atoms with Crippen molar-refractivity contribution in [2.45, 2.75) is 30.7 Å². The minimum Gasteiger partial charge on any atom is -0.486 e. The molecule has 0 radical (unpaired) electrons. The molecular formula is C20H17ClF3NO4. The topological polar surface area (TPSA) is 48.0 Å². The van der Waals surface area contributed by atoms with E-state index in [2.05, 4.69) is 4.74 Å². The Balaban J connectivity index is 1.58. The monoisotopic (exact) mass is 427 g/mol. The third-order valence-corrected chi connectivity index (χ3v) is 5.19. The maximum absolute atomic E-state index is 12.7. The first kappa shape index (κ1) is 19.7. The molecule has 2 aromatic rings. The second-order valence-corrected chi connectivity index (χ2v) is 7.28. The van der Waals surface area contributed by atoms with Gasteiger partial charge in [-0.25, -0.2) is 0 Å². The number of hydrogen-bond acceptors (Lipinski definition) is 4. The van der Waals surface area contributed by atoms with Crippen LogP contribution in [0.1, 0.15) is 23.6 Å². The molecule has 0 aliphatic carbocycles. The van der Waals surface area contributed by atoms with Crippen LogP contribution in [0.4, 0.5) is 13.2 Å². The highest BCUT2D eigenvalue weighted by atomic mass is 35.5. The Bertz CT molecular complexity index is 904. The molecule has 9 heteroatoms. The Morgan fingerprint density at radius 3 is 2.55 bits per heavy atom. The van der Waals surface area contributed by atoms with E-state index in [1.807, 2.05) is 12.1 Å². The van der Waals surface area contributed by atoms with E-state index in [1.165, 1.54) is 24.3 Å². The highest BCUT2D eigenvalue weighted by Gasteiger charge is 2.41. The smallest absolute Gasteiger partial charge is 0.486 e. The lowest BCUT2D eigenvalue weighted by atomic mass is 10.0. The maximum Gasteiger partial charge on any atom is 0.573 e. The number of alkyl halides is 4. The molecule has 0 spiro atoms. The van der Waals surface area contributed by atoms with Crippen LogP contribution in [0.15, 0.2) is 42.5 Å². The lowest BCUT2D eigenvalue weighted by Gasteiger charge is -2.29. The van der Waals surface area contributed by atoms with Crippen LogP contribution in [0.5, 0.6) is 17.2 Å². The van der Waals surface area contributed by atoms with Gasteiger partial charge in [-0.05, 0) is 30.2 Å². The first-order valence-electron chi connectivity index (χ1n) is 8.99. The van der Waals surface area contributed by atoms with Crippen LogP contribution in [0.2, 0.25) is 0 Å². The molecule has 29 heavy (non-hydrogen) atoms. The number of carbonyl (C=O) groups excluding carboxylic acids is 1. The van der Waals surface area contributed by atoms with Crippen LogP contribution in [-0.4, -0.2) is 35.8 Å². The number of benzene rings is 2. The third kappa shape index (κ3) is 4.22. The SMILES string of the molecule is O=C1C(Cl)CC(c2cccc3c2OCCO3)N1Cc1ccc(OC(F)(F)F)cc1. The van der Waals surface area contributed by atoms with Crippen LogP contribution in [0.25, 0.3) is 0 Å². The van der Waals surface area contributed by atoms with Crippen molar-refractivity contribution >= 4 is 17.5 Å². The molecule has 4 rings (SSSR count). The second-order valence-electron chi connectivity index (χ2n) is 6.75. The van der Waals surface area contributed by atoms with Crippen LogP contribution in [-0.2, 0) is 11.3 Å². The number of amides is 1. The lowest BCUT2D eigenvalue weighted by Crippen LogP contribution is -2.30. The van der Waals surface area contributed by atoms with E-state index in [9.17, 15) is 18.0 Å². The van der Waals surface area contributed by atoms with Crippen molar-refractivity contribution in [3.63, 3.8) is 0 Å². The molecule has 1 amide bonds. The number of carbonyl (C=O) groups is 1. The fourth-order valence-electron chi connectivity index (χ4n) is 3.59. The summed E-state index contributed by atoms with van der Waals surface area (Å²) in [5, 5.41) is -0.687. The summed E-state index contributed by atoms with van der Waals surface area (Å²) in [6, 6.07) is 10.6. The van der Waals surface area contributed by atoms with Gasteiger partial charge in [0.1, 0.15) is 24.3 Å². The minimum absolute atomic E-state index is 0.198. The number of fused-ring (bicyclic) bond motifs is 1. The predicted octanol–water partition coefficient (Wildman–Crippen LogP) is 4.44. The van der Waals surface area contributed by atoms with E-state index < -0.39 is 11.7 Å². The zero-order valence-corrected chi connectivity index (χ0v) is 15.9. The van der Waals surface area contributed by atoms with Crippen molar-refractivity contribution in [2.24, 2.45) is 0 Å². The highest BCUT2D eigenvalue weighted by Crippen LogP contribution is 2.44. The maximum atomic E-state index is 12.7. The van der Waals surface area contributed by atoms with E-state index in [0.717, 1.165) is 5.56 Å². The summed E-state index contributed by atoms with van der Waals surface area (Å²) in [5.74, 6) is 0.666. The normalized spacial score (nSPS) is 21.4. The van der Waals surface area contributed by atoms with Gasteiger partial charge in [0.25, 0.3) is 0 Å².